The minimum Gasteiger partial charge on any atom is -0.462 e. The van der Waals surface area contributed by atoms with E-state index in [9.17, 15) is 4.79 Å². The molecule has 0 saturated heterocycles. The van der Waals surface area contributed by atoms with E-state index in [1.165, 1.54) is 0 Å². The normalized spacial score (nSPS) is 12.8. The Morgan fingerprint density at radius 2 is 1.25 bits per heavy atom. The average Bonchev–Trinajstić information content (AvgIpc) is 3.33. The molecule has 5 nitrogen and oxygen atoms in total. The van der Waals surface area contributed by atoms with Gasteiger partial charge in [0.05, 0.1) is 18.4 Å². The number of hydrogen-bond donors (Lipinski definition) is 0. The van der Waals surface area contributed by atoms with E-state index in [-0.39, 0.29) is 5.97 Å². The third-order valence-electron chi connectivity index (χ3n) is 6.81. The summed E-state index contributed by atoms with van der Waals surface area (Å²) in [5, 5.41) is 9.08. The molecule has 0 fully saturated rings. The molecule has 194 valence electrons. The number of ether oxygens (including phenoxy) is 1. The van der Waals surface area contributed by atoms with Gasteiger partial charge >= 0.3 is 5.97 Å². The van der Waals surface area contributed by atoms with E-state index >= 15 is 0 Å². The summed E-state index contributed by atoms with van der Waals surface area (Å²) in [6, 6.07) is 42.4. The van der Waals surface area contributed by atoms with Gasteiger partial charge in [-0.05, 0) is 60.5 Å². The van der Waals surface area contributed by atoms with Gasteiger partial charge in [-0.25, -0.2) is 4.79 Å². The van der Waals surface area contributed by atoms with Crippen molar-refractivity contribution < 1.29 is 9.53 Å². The van der Waals surface area contributed by atoms with Gasteiger partial charge in [-0.15, -0.1) is 5.10 Å². The Kier molecular flexibility index (Phi) is 7.01. The molecule has 0 spiro atoms. The molecule has 0 N–H and O–H groups in total. The van der Waals surface area contributed by atoms with Crippen LogP contribution in [0.25, 0.3) is 11.1 Å². The zero-order valence-electron chi connectivity index (χ0n) is 22.1. The maximum atomic E-state index is 12.7. The smallest absolute Gasteiger partial charge is 0.338 e. The molecule has 0 aliphatic heterocycles. The van der Waals surface area contributed by atoms with Gasteiger partial charge in [-0.2, -0.15) is 5.10 Å². The number of para-hydroxylation sites is 2. The Hall–Kier alpha value is -5.29. The maximum absolute atomic E-state index is 12.7. The van der Waals surface area contributed by atoms with Crippen LogP contribution in [-0.2, 0) is 4.74 Å². The molecule has 5 aromatic rings. The number of carbonyl (C=O) groups is 1. The minimum absolute atomic E-state index is 0.322. The van der Waals surface area contributed by atoms with Gasteiger partial charge in [-0.1, -0.05) is 84.9 Å². The summed E-state index contributed by atoms with van der Waals surface area (Å²) in [6.07, 6.45) is 1.75. The third kappa shape index (κ3) is 4.81. The van der Waals surface area contributed by atoms with Crippen molar-refractivity contribution >= 4 is 35.0 Å². The molecule has 5 aromatic carbocycles. The number of rotatable bonds is 7. The van der Waals surface area contributed by atoms with Gasteiger partial charge in [0.25, 0.3) is 0 Å². The lowest BCUT2D eigenvalue weighted by molar-refractivity contribution is 0.0527. The maximum Gasteiger partial charge on any atom is 0.338 e. The van der Waals surface area contributed by atoms with Crippen LogP contribution >= 0.6 is 0 Å². The average molecular weight is 522 g/mol. The van der Waals surface area contributed by atoms with Crippen molar-refractivity contribution in [2.45, 2.75) is 6.92 Å². The van der Waals surface area contributed by atoms with Crippen LogP contribution in [0.3, 0.4) is 0 Å². The van der Waals surface area contributed by atoms with E-state index < -0.39 is 0 Å². The Morgan fingerprint density at radius 1 is 0.675 bits per heavy atom. The van der Waals surface area contributed by atoms with E-state index in [1.54, 1.807) is 12.3 Å². The molecular formula is C35H27N3O2. The summed E-state index contributed by atoms with van der Waals surface area (Å²) in [4.78, 5) is 14.9. The van der Waals surface area contributed by atoms with Crippen LogP contribution in [0.15, 0.2) is 138 Å². The van der Waals surface area contributed by atoms with E-state index in [4.69, 9.17) is 4.74 Å². The number of esters is 1. The van der Waals surface area contributed by atoms with E-state index in [1.807, 2.05) is 91.9 Å². The molecular weight excluding hydrogens is 494 g/mol. The largest absolute Gasteiger partial charge is 0.462 e. The molecule has 6 rings (SSSR count). The van der Waals surface area contributed by atoms with Gasteiger partial charge < -0.3 is 9.64 Å². The van der Waals surface area contributed by atoms with Crippen LogP contribution in [0.5, 0.6) is 0 Å². The Labute approximate surface area is 233 Å². The Morgan fingerprint density at radius 3 is 1.90 bits per heavy atom. The highest BCUT2D eigenvalue weighted by Gasteiger charge is 2.29. The number of nitrogens with zero attached hydrogens (tertiary/aromatic N) is 3. The lowest BCUT2D eigenvalue weighted by Crippen LogP contribution is -2.09. The van der Waals surface area contributed by atoms with Gasteiger partial charge in [0.15, 0.2) is 0 Å². The highest BCUT2D eigenvalue weighted by atomic mass is 16.5. The second-order valence-electron chi connectivity index (χ2n) is 9.29. The number of benzene rings is 5. The van der Waals surface area contributed by atoms with Crippen LogP contribution < -0.4 is 4.90 Å². The SMILES string of the molecule is CCOC(=O)c1cccc2c1-c1ccccc1C2=NN=Cc1ccc(N(c2ccccc2)c2ccccc2)cc1. The summed E-state index contributed by atoms with van der Waals surface area (Å²) in [5.41, 5.74) is 9.06. The molecule has 0 aromatic heterocycles. The van der Waals surface area contributed by atoms with Crippen LogP contribution in [0.4, 0.5) is 17.1 Å². The second kappa shape index (κ2) is 11.2. The van der Waals surface area contributed by atoms with Crippen LogP contribution in [0.2, 0.25) is 0 Å². The van der Waals surface area contributed by atoms with Gasteiger partial charge in [0, 0.05) is 33.8 Å². The topological polar surface area (TPSA) is 54.3 Å². The minimum atomic E-state index is -0.334. The fourth-order valence-corrected chi connectivity index (χ4v) is 5.04. The molecule has 40 heavy (non-hydrogen) atoms. The number of carbonyl (C=O) groups excluding carboxylic acids is 1. The number of fused-ring (bicyclic) bond motifs is 3. The molecule has 0 unspecified atom stereocenters. The molecule has 0 radical (unpaired) electrons. The first kappa shape index (κ1) is 25.0. The predicted octanol–water partition coefficient (Wildman–Crippen LogP) is 8.19. The van der Waals surface area contributed by atoms with Crippen LogP contribution in [0, 0.1) is 0 Å². The second-order valence-corrected chi connectivity index (χ2v) is 9.29. The van der Waals surface area contributed by atoms with Crippen LogP contribution in [0.1, 0.15) is 34.0 Å². The Bertz CT molecular complexity index is 1670. The molecule has 0 bridgehead atoms. The first-order chi connectivity index (χ1) is 19.7. The highest BCUT2D eigenvalue weighted by Crippen LogP contribution is 2.40. The third-order valence-corrected chi connectivity index (χ3v) is 6.81. The van der Waals surface area contributed by atoms with Crippen molar-refractivity contribution in [3.63, 3.8) is 0 Å². The van der Waals surface area contributed by atoms with Crippen molar-refractivity contribution in [3.8, 4) is 11.1 Å². The van der Waals surface area contributed by atoms with Crippen LogP contribution in [-0.4, -0.2) is 24.5 Å². The van der Waals surface area contributed by atoms with E-state index in [0.29, 0.717) is 12.2 Å². The number of hydrogen-bond acceptors (Lipinski definition) is 5. The molecule has 0 amide bonds. The fraction of sp³-hybridized carbons (Fsp3) is 0.0571. The fourth-order valence-electron chi connectivity index (χ4n) is 5.04. The summed E-state index contributed by atoms with van der Waals surface area (Å²) in [6.45, 7) is 2.13. The Balaban J connectivity index is 1.31. The molecule has 1 aliphatic carbocycles. The first-order valence-corrected chi connectivity index (χ1v) is 13.3. The summed E-state index contributed by atoms with van der Waals surface area (Å²) >= 11 is 0. The number of anilines is 3. The lowest BCUT2D eigenvalue weighted by atomic mass is 9.99. The van der Waals surface area contributed by atoms with Gasteiger partial charge in [-0.3, -0.25) is 0 Å². The lowest BCUT2D eigenvalue weighted by Gasteiger charge is -2.25. The zero-order valence-corrected chi connectivity index (χ0v) is 22.1. The highest BCUT2D eigenvalue weighted by molar-refractivity contribution is 6.26. The van der Waals surface area contributed by atoms with Crippen molar-refractivity contribution in [2.75, 3.05) is 11.5 Å². The molecule has 5 heteroatoms. The van der Waals surface area contributed by atoms with E-state index in [0.717, 1.165) is 50.6 Å². The first-order valence-electron chi connectivity index (χ1n) is 13.3. The summed E-state index contributed by atoms with van der Waals surface area (Å²) < 4.78 is 5.31. The monoisotopic (exact) mass is 521 g/mol. The quantitative estimate of drug-likeness (QED) is 0.121. The van der Waals surface area contributed by atoms with Crippen molar-refractivity contribution in [1.29, 1.82) is 0 Å². The van der Waals surface area contributed by atoms with Crippen molar-refractivity contribution in [2.24, 2.45) is 10.2 Å². The molecule has 0 saturated carbocycles. The summed E-state index contributed by atoms with van der Waals surface area (Å²) in [5.74, 6) is -0.334. The van der Waals surface area contributed by atoms with Gasteiger partial charge in [0.1, 0.15) is 5.71 Å². The molecule has 1 aliphatic rings. The summed E-state index contributed by atoms with van der Waals surface area (Å²) in [7, 11) is 0. The predicted molar refractivity (Wildman–Crippen MR) is 162 cm³/mol. The van der Waals surface area contributed by atoms with E-state index in [2.05, 4.69) is 51.5 Å². The molecule has 0 atom stereocenters. The zero-order chi connectivity index (χ0) is 27.3. The van der Waals surface area contributed by atoms with Crippen molar-refractivity contribution in [1.82, 2.24) is 0 Å². The molecule has 0 heterocycles. The standard InChI is InChI=1S/C35H27N3O2/c1-2-40-35(39)32-19-11-18-31-33(32)29-16-9-10-17-30(29)34(31)37-36-24-25-20-22-28(23-21-25)38(26-12-5-3-6-13-26)27-14-7-4-8-15-27/h3-24H,2H2,1H3. The van der Waals surface area contributed by atoms with Gasteiger partial charge in [0.2, 0.25) is 0 Å². The van der Waals surface area contributed by atoms with Crippen molar-refractivity contribution in [3.05, 3.63) is 150 Å².